The average Bonchev–Trinajstić information content (AvgIpc) is 2.34. The minimum atomic E-state index is -0.588. The van der Waals surface area contributed by atoms with E-state index in [1.165, 1.54) is 11.8 Å². The molecule has 0 aromatic carbocycles. The van der Waals surface area contributed by atoms with E-state index in [0.29, 0.717) is 5.69 Å². The van der Waals surface area contributed by atoms with Gasteiger partial charge in [0.25, 0.3) is 5.91 Å². The molecule has 1 rings (SSSR count). The number of aromatic nitrogens is 3. The molecular formula is C6H10N4O2. The fourth-order valence-corrected chi connectivity index (χ4v) is 0.867. The number of nitrogens with zero attached hydrogens (tertiary/aromatic N) is 3. The summed E-state index contributed by atoms with van der Waals surface area (Å²) in [5, 5.41) is 7.23. The molecule has 0 bridgehead atoms. The molecule has 0 saturated carbocycles. The Balaban J connectivity index is 3.03. The fraction of sp³-hybridized carbons (Fsp3) is 0.500. The van der Waals surface area contributed by atoms with E-state index in [1.54, 1.807) is 7.05 Å². The van der Waals surface area contributed by atoms with Crippen LogP contribution in [0.25, 0.3) is 0 Å². The summed E-state index contributed by atoms with van der Waals surface area (Å²) in [6.45, 7) is 0.280. The van der Waals surface area contributed by atoms with Crippen LogP contribution >= 0.6 is 0 Å². The summed E-state index contributed by atoms with van der Waals surface area (Å²) in [7, 11) is 3.20. The van der Waals surface area contributed by atoms with Gasteiger partial charge >= 0.3 is 0 Å². The van der Waals surface area contributed by atoms with Crippen LogP contribution in [0, 0.1) is 0 Å². The zero-order valence-corrected chi connectivity index (χ0v) is 6.94. The summed E-state index contributed by atoms with van der Waals surface area (Å²) in [5.74, 6) is -0.588. The minimum absolute atomic E-state index is 0.166. The molecule has 0 radical (unpaired) electrons. The van der Waals surface area contributed by atoms with E-state index in [0.717, 1.165) is 0 Å². The van der Waals surface area contributed by atoms with Crippen molar-refractivity contribution in [2.24, 2.45) is 12.8 Å². The maximum Gasteiger partial charge on any atom is 0.271 e. The van der Waals surface area contributed by atoms with Gasteiger partial charge in [-0.15, -0.1) is 5.10 Å². The molecule has 0 aliphatic rings. The van der Waals surface area contributed by atoms with Gasteiger partial charge in [-0.05, 0) is 0 Å². The predicted molar refractivity (Wildman–Crippen MR) is 40.2 cm³/mol. The first-order chi connectivity index (χ1) is 5.66. The summed E-state index contributed by atoms with van der Waals surface area (Å²) in [6, 6.07) is 0. The summed E-state index contributed by atoms with van der Waals surface area (Å²) >= 11 is 0. The normalized spacial score (nSPS) is 10.2. The fourth-order valence-electron chi connectivity index (χ4n) is 0.867. The standard InChI is InChI=1S/C6H10N4O2/c1-10-4(3-12-2)5(6(7)11)8-9-10/h3H2,1-2H3,(H2,7,11). The first kappa shape index (κ1) is 8.66. The predicted octanol–water partition coefficient (Wildman–Crippen LogP) is -0.940. The molecule has 0 aliphatic heterocycles. The molecule has 12 heavy (non-hydrogen) atoms. The van der Waals surface area contributed by atoms with Crippen LogP contribution in [0.1, 0.15) is 16.2 Å². The van der Waals surface area contributed by atoms with Crippen LogP contribution in [0.5, 0.6) is 0 Å². The number of carbonyl (C=O) groups is 1. The Kier molecular flexibility index (Phi) is 2.39. The highest BCUT2D eigenvalue weighted by atomic mass is 16.5. The monoisotopic (exact) mass is 170 g/mol. The zero-order chi connectivity index (χ0) is 9.14. The van der Waals surface area contributed by atoms with E-state index in [1.807, 2.05) is 0 Å². The first-order valence-corrected chi connectivity index (χ1v) is 3.34. The zero-order valence-electron chi connectivity index (χ0n) is 6.94. The minimum Gasteiger partial charge on any atom is -0.378 e. The van der Waals surface area contributed by atoms with Crippen molar-refractivity contribution in [3.05, 3.63) is 11.4 Å². The lowest BCUT2D eigenvalue weighted by atomic mass is 10.3. The molecular weight excluding hydrogens is 160 g/mol. The van der Waals surface area contributed by atoms with Gasteiger partial charge in [0.2, 0.25) is 0 Å². The Hall–Kier alpha value is -1.43. The van der Waals surface area contributed by atoms with Crippen LogP contribution < -0.4 is 5.73 Å². The van der Waals surface area contributed by atoms with E-state index in [9.17, 15) is 4.79 Å². The molecule has 2 N–H and O–H groups in total. The van der Waals surface area contributed by atoms with Crippen molar-refractivity contribution in [3.8, 4) is 0 Å². The Bertz CT molecular complexity index is 294. The molecule has 1 amide bonds. The summed E-state index contributed by atoms with van der Waals surface area (Å²) in [4.78, 5) is 10.8. The van der Waals surface area contributed by atoms with Crippen molar-refractivity contribution in [1.82, 2.24) is 15.0 Å². The second-order valence-electron chi connectivity index (χ2n) is 2.31. The van der Waals surface area contributed by atoms with Crippen molar-refractivity contribution in [3.63, 3.8) is 0 Å². The smallest absolute Gasteiger partial charge is 0.271 e. The Morgan fingerprint density at radius 1 is 1.75 bits per heavy atom. The molecule has 0 unspecified atom stereocenters. The van der Waals surface area contributed by atoms with Gasteiger partial charge < -0.3 is 10.5 Å². The van der Waals surface area contributed by atoms with Gasteiger partial charge in [0.15, 0.2) is 5.69 Å². The third-order valence-electron chi connectivity index (χ3n) is 1.46. The molecule has 1 aromatic heterocycles. The van der Waals surface area contributed by atoms with Crippen LogP contribution in [0.3, 0.4) is 0 Å². The highest BCUT2D eigenvalue weighted by molar-refractivity contribution is 5.91. The van der Waals surface area contributed by atoms with Crippen molar-refractivity contribution in [1.29, 1.82) is 0 Å². The van der Waals surface area contributed by atoms with Crippen molar-refractivity contribution >= 4 is 5.91 Å². The summed E-state index contributed by atoms with van der Waals surface area (Å²) < 4.78 is 6.31. The molecule has 0 fully saturated rings. The Labute approximate surface area is 69.3 Å². The van der Waals surface area contributed by atoms with Crippen LogP contribution in [0.4, 0.5) is 0 Å². The number of nitrogens with two attached hydrogens (primary N) is 1. The van der Waals surface area contributed by atoms with Crippen LogP contribution in [0.15, 0.2) is 0 Å². The van der Waals surface area contributed by atoms with Gasteiger partial charge in [-0.25, -0.2) is 4.68 Å². The lowest BCUT2D eigenvalue weighted by Gasteiger charge is -1.99. The summed E-state index contributed by atoms with van der Waals surface area (Å²) in [5.41, 5.74) is 5.80. The number of carbonyl (C=O) groups excluding carboxylic acids is 1. The molecule has 1 aromatic rings. The first-order valence-electron chi connectivity index (χ1n) is 3.34. The second-order valence-corrected chi connectivity index (χ2v) is 2.31. The molecule has 0 atom stereocenters. The number of ether oxygens (including phenoxy) is 1. The largest absolute Gasteiger partial charge is 0.378 e. The number of aryl methyl sites for hydroxylation is 1. The lowest BCUT2D eigenvalue weighted by molar-refractivity contribution is 0.0990. The van der Waals surface area contributed by atoms with Gasteiger partial charge in [0.05, 0.1) is 12.3 Å². The van der Waals surface area contributed by atoms with Gasteiger partial charge in [-0.2, -0.15) is 0 Å². The van der Waals surface area contributed by atoms with Gasteiger partial charge in [0, 0.05) is 14.2 Å². The van der Waals surface area contributed by atoms with Crippen LogP contribution in [-0.2, 0) is 18.4 Å². The quantitative estimate of drug-likeness (QED) is 0.634. The van der Waals surface area contributed by atoms with Gasteiger partial charge in [0.1, 0.15) is 0 Å². The summed E-state index contributed by atoms with van der Waals surface area (Å²) in [6.07, 6.45) is 0. The number of hydrogen-bond acceptors (Lipinski definition) is 4. The third-order valence-corrected chi connectivity index (χ3v) is 1.46. The topological polar surface area (TPSA) is 83.0 Å². The maximum absolute atomic E-state index is 10.8. The van der Waals surface area contributed by atoms with E-state index in [-0.39, 0.29) is 12.3 Å². The van der Waals surface area contributed by atoms with Gasteiger partial charge in [-0.3, -0.25) is 4.79 Å². The molecule has 66 valence electrons. The van der Waals surface area contributed by atoms with E-state index in [4.69, 9.17) is 10.5 Å². The Morgan fingerprint density at radius 2 is 2.42 bits per heavy atom. The van der Waals surface area contributed by atoms with Crippen LogP contribution in [-0.4, -0.2) is 28.0 Å². The number of rotatable bonds is 3. The van der Waals surface area contributed by atoms with E-state index in [2.05, 4.69) is 10.3 Å². The molecule has 6 heteroatoms. The highest BCUT2D eigenvalue weighted by Gasteiger charge is 2.14. The van der Waals surface area contributed by atoms with Crippen LogP contribution in [0.2, 0.25) is 0 Å². The lowest BCUT2D eigenvalue weighted by Crippen LogP contribution is -2.15. The molecule has 0 saturated heterocycles. The molecule has 1 heterocycles. The van der Waals surface area contributed by atoms with E-state index >= 15 is 0 Å². The maximum atomic E-state index is 10.8. The number of hydrogen-bond donors (Lipinski definition) is 1. The average molecular weight is 170 g/mol. The Morgan fingerprint density at radius 3 is 2.92 bits per heavy atom. The van der Waals surface area contributed by atoms with Crippen molar-refractivity contribution in [2.45, 2.75) is 6.61 Å². The molecule has 0 spiro atoms. The SMILES string of the molecule is COCc1c(C(N)=O)nnn1C. The van der Waals surface area contributed by atoms with Crippen molar-refractivity contribution < 1.29 is 9.53 Å². The number of methoxy groups -OCH3 is 1. The molecule has 0 aliphatic carbocycles. The highest BCUT2D eigenvalue weighted by Crippen LogP contribution is 2.03. The number of primary amides is 1. The van der Waals surface area contributed by atoms with Crippen molar-refractivity contribution in [2.75, 3.05) is 7.11 Å². The molecule has 6 nitrogen and oxygen atoms in total. The third kappa shape index (κ3) is 1.42. The second kappa shape index (κ2) is 3.31. The number of amides is 1. The van der Waals surface area contributed by atoms with E-state index < -0.39 is 5.91 Å². The van der Waals surface area contributed by atoms with Gasteiger partial charge in [-0.1, -0.05) is 5.21 Å².